The predicted octanol–water partition coefficient (Wildman–Crippen LogP) is 1.26. The van der Waals surface area contributed by atoms with Crippen molar-refractivity contribution in [1.82, 2.24) is 26.2 Å². The first kappa shape index (κ1) is 21.7. The Labute approximate surface area is 190 Å². The first-order valence-electron chi connectivity index (χ1n) is 12.0. The van der Waals surface area contributed by atoms with Crippen molar-refractivity contribution in [2.24, 2.45) is 17.8 Å². The number of rotatable bonds is 5. The van der Waals surface area contributed by atoms with Crippen LogP contribution in [0.15, 0.2) is 24.3 Å². The molecule has 0 radical (unpaired) electrons. The van der Waals surface area contributed by atoms with Gasteiger partial charge in [0.2, 0.25) is 5.91 Å². The van der Waals surface area contributed by atoms with Crippen LogP contribution in [0.5, 0.6) is 5.75 Å². The van der Waals surface area contributed by atoms with Crippen molar-refractivity contribution in [3.8, 4) is 5.75 Å². The average Bonchev–Trinajstić information content (AvgIpc) is 3.51. The summed E-state index contributed by atoms with van der Waals surface area (Å²) in [6, 6.07) is 8.69. The zero-order valence-electron chi connectivity index (χ0n) is 19.0. The molecule has 1 aliphatic carbocycles. The van der Waals surface area contributed by atoms with E-state index in [-0.39, 0.29) is 18.4 Å². The predicted molar refractivity (Wildman–Crippen MR) is 120 cm³/mol. The van der Waals surface area contributed by atoms with Gasteiger partial charge in [-0.05, 0) is 36.8 Å². The van der Waals surface area contributed by atoms with Crippen LogP contribution in [0.1, 0.15) is 44.6 Å². The van der Waals surface area contributed by atoms with E-state index >= 15 is 0 Å². The van der Waals surface area contributed by atoms with Crippen LogP contribution in [0.4, 0.5) is 0 Å². The quantitative estimate of drug-likeness (QED) is 0.638. The Hall–Kier alpha value is -2.16. The van der Waals surface area contributed by atoms with Crippen molar-refractivity contribution < 1.29 is 14.3 Å². The zero-order chi connectivity index (χ0) is 22.2. The molecule has 4 aliphatic rings. The van der Waals surface area contributed by atoms with E-state index < -0.39 is 0 Å². The third kappa shape index (κ3) is 4.23. The van der Waals surface area contributed by atoms with Gasteiger partial charge in [-0.2, -0.15) is 5.53 Å². The first-order valence-corrected chi connectivity index (χ1v) is 12.0. The lowest BCUT2D eigenvalue weighted by atomic mass is 9.82. The summed E-state index contributed by atoms with van der Waals surface area (Å²) in [5.41, 5.74) is 10.6. The van der Waals surface area contributed by atoms with Crippen LogP contribution in [-0.2, 0) is 9.59 Å². The molecule has 0 bridgehead atoms. The van der Waals surface area contributed by atoms with Crippen LogP contribution in [0.25, 0.3) is 0 Å². The maximum absolute atomic E-state index is 13.1. The fourth-order valence-corrected chi connectivity index (χ4v) is 5.91. The highest BCUT2D eigenvalue weighted by Gasteiger charge is 2.45. The lowest BCUT2D eigenvalue weighted by molar-refractivity contribution is -0.136. The molecule has 3 aliphatic heterocycles. The van der Waals surface area contributed by atoms with Crippen molar-refractivity contribution in [3.63, 3.8) is 0 Å². The van der Waals surface area contributed by atoms with Gasteiger partial charge in [0.1, 0.15) is 5.75 Å². The lowest BCUT2D eigenvalue weighted by Crippen LogP contribution is -2.45. The minimum Gasteiger partial charge on any atom is -0.483 e. The Morgan fingerprint density at radius 2 is 1.69 bits per heavy atom. The SMILES string of the molecule is CC(C)c1ccccc1OCC(=O)N1C[C@@H]2CN(C(=O)C3CCC4NNNC4C3)C[C@H]2C1. The second-order valence-corrected chi connectivity index (χ2v) is 10.2. The molecule has 5 rings (SSSR count). The molecule has 3 N–H and O–H groups in total. The van der Waals surface area contributed by atoms with Crippen molar-refractivity contribution >= 4 is 11.8 Å². The van der Waals surface area contributed by atoms with Crippen LogP contribution in [0.3, 0.4) is 0 Å². The number of hydrazine groups is 2. The number of ether oxygens (including phenoxy) is 1. The van der Waals surface area contributed by atoms with E-state index in [1.807, 2.05) is 23.1 Å². The zero-order valence-corrected chi connectivity index (χ0v) is 19.0. The molecular formula is C24H35N5O3. The summed E-state index contributed by atoms with van der Waals surface area (Å²) in [5, 5.41) is 0. The fourth-order valence-electron chi connectivity index (χ4n) is 5.91. The molecule has 4 fully saturated rings. The van der Waals surface area contributed by atoms with Crippen LogP contribution in [0, 0.1) is 17.8 Å². The second kappa shape index (κ2) is 9.00. The molecule has 3 heterocycles. The van der Waals surface area contributed by atoms with E-state index in [2.05, 4.69) is 41.2 Å². The Morgan fingerprint density at radius 3 is 2.44 bits per heavy atom. The summed E-state index contributed by atoms with van der Waals surface area (Å²) in [6.07, 6.45) is 2.85. The highest BCUT2D eigenvalue weighted by atomic mass is 16.5. The van der Waals surface area contributed by atoms with E-state index in [1.165, 1.54) is 0 Å². The van der Waals surface area contributed by atoms with Crippen LogP contribution in [-0.4, -0.2) is 66.5 Å². The van der Waals surface area contributed by atoms with Gasteiger partial charge >= 0.3 is 0 Å². The molecule has 0 aromatic heterocycles. The average molecular weight is 442 g/mol. The molecule has 1 saturated carbocycles. The molecule has 0 spiro atoms. The number of amides is 2. The summed E-state index contributed by atoms with van der Waals surface area (Å²) in [6.45, 7) is 7.34. The number of carbonyl (C=O) groups is 2. The smallest absolute Gasteiger partial charge is 0.260 e. The third-order valence-electron chi connectivity index (χ3n) is 7.76. The molecule has 3 unspecified atom stereocenters. The molecule has 174 valence electrons. The third-order valence-corrected chi connectivity index (χ3v) is 7.76. The van der Waals surface area contributed by atoms with Crippen LogP contribution in [0.2, 0.25) is 0 Å². The number of nitrogens with zero attached hydrogens (tertiary/aromatic N) is 2. The minimum absolute atomic E-state index is 0.0430. The van der Waals surface area contributed by atoms with Gasteiger partial charge in [0.05, 0.1) is 0 Å². The van der Waals surface area contributed by atoms with E-state index in [0.717, 1.165) is 56.8 Å². The molecule has 2 amide bonds. The summed E-state index contributed by atoms with van der Waals surface area (Å²) < 4.78 is 5.90. The summed E-state index contributed by atoms with van der Waals surface area (Å²) in [4.78, 5) is 29.9. The monoisotopic (exact) mass is 441 g/mol. The molecule has 5 atom stereocenters. The van der Waals surface area contributed by atoms with Gasteiger partial charge in [0.15, 0.2) is 6.61 Å². The molecule has 3 saturated heterocycles. The van der Waals surface area contributed by atoms with Crippen LogP contribution >= 0.6 is 0 Å². The highest BCUT2D eigenvalue weighted by Crippen LogP contribution is 2.35. The number of benzene rings is 1. The Kier molecular flexibility index (Phi) is 6.09. The van der Waals surface area contributed by atoms with Gasteiger partial charge in [-0.1, -0.05) is 32.0 Å². The molecule has 1 aromatic carbocycles. The normalized spacial score (nSPS) is 31.7. The Morgan fingerprint density at radius 1 is 1.00 bits per heavy atom. The molecule has 32 heavy (non-hydrogen) atoms. The number of para-hydroxylation sites is 1. The van der Waals surface area contributed by atoms with Crippen molar-refractivity contribution in [3.05, 3.63) is 29.8 Å². The largest absolute Gasteiger partial charge is 0.483 e. The van der Waals surface area contributed by atoms with E-state index in [9.17, 15) is 9.59 Å². The maximum atomic E-state index is 13.1. The summed E-state index contributed by atoms with van der Waals surface area (Å²) in [5.74, 6) is 2.37. The van der Waals surface area contributed by atoms with Gasteiger partial charge in [0.25, 0.3) is 5.91 Å². The number of fused-ring (bicyclic) bond motifs is 2. The second-order valence-electron chi connectivity index (χ2n) is 10.2. The first-order chi connectivity index (χ1) is 15.5. The molecular weight excluding hydrogens is 406 g/mol. The fraction of sp³-hybridized carbons (Fsp3) is 0.667. The number of carbonyl (C=O) groups excluding carboxylic acids is 2. The van der Waals surface area contributed by atoms with Crippen molar-refractivity contribution in [1.29, 1.82) is 0 Å². The van der Waals surface area contributed by atoms with Gasteiger partial charge in [0, 0.05) is 56.0 Å². The standard InChI is InChI=1S/C24H35N5O3/c1-15(2)19-5-3-4-6-22(19)32-14-23(30)28-10-17-12-29(13-18(17)11-28)24(31)16-7-8-20-21(9-16)26-27-25-20/h3-6,15-18,20-21,25-27H,7-14H2,1-2H3/t16?,17-,18-,20?,21?/m1/s1. The maximum Gasteiger partial charge on any atom is 0.260 e. The Balaban J connectivity index is 1.11. The number of hydrogen-bond acceptors (Lipinski definition) is 6. The van der Waals surface area contributed by atoms with Crippen molar-refractivity contribution in [2.45, 2.75) is 51.1 Å². The number of likely N-dealkylation sites (tertiary alicyclic amines) is 2. The highest BCUT2D eigenvalue weighted by molar-refractivity contribution is 5.80. The van der Waals surface area contributed by atoms with E-state index in [1.54, 1.807) is 0 Å². The number of nitrogens with one attached hydrogen (secondary N) is 3. The van der Waals surface area contributed by atoms with E-state index in [4.69, 9.17) is 4.74 Å². The molecule has 1 aromatic rings. The van der Waals surface area contributed by atoms with E-state index in [0.29, 0.717) is 35.7 Å². The lowest BCUT2D eigenvalue weighted by Gasteiger charge is -2.32. The minimum atomic E-state index is 0.0430. The topological polar surface area (TPSA) is 85.9 Å². The van der Waals surface area contributed by atoms with Gasteiger partial charge < -0.3 is 14.5 Å². The van der Waals surface area contributed by atoms with Gasteiger partial charge in [-0.3, -0.25) is 9.59 Å². The molecule has 8 nitrogen and oxygen atoms in total. The Bertz CT molecular complexity index is 848. The van der Waals surface area contributed by atoms with Crippen LogP contribution < -0.4 is 21.1 Å². The number of hydrogen-bond donors (Lipinski definition) is 3. The molecule has 8 heteroatoms. The summed E-state index contributed by atoms with van der Waals surface area (Å²) in [7, 11) is 0. The van der Waals surface area contributed by atoms with Gasteiger partial charge in [-0.15, -0.1) is 0 Å². The van der Waals surface area contributed by atoms with Crippen molar-refractivity contribution in [2.75, 3.05) is 32.8 Å². The summed E-state index contributed by atoms with van der Waals surface area (Å²) >= 11 is 0. The van der Waals surface area contributed by atoms with Gasteiger partial charge in [-0.25, -0.2) is 10.9 Å².